The van der Waals surface area contributed by atoms with Crippen molar-refractivity contribution in [3.8, 4) is 0 Å². The van der Waals surface area contributed by atoms with Crippen LogP contribution in [0.25, 0.3) is 11.0 Å². The fourth-order valence-corrected chi connectivity index (χ4v) is 3.73. The fraction of sp³-hybridized carbons (Fsp3) is 0.333. The molecule has 1 aliphatic heterocycles. The summed E-state index contributed by atoms with van der Waals surface area (Å²) < 4.78 is 28.9. The van der Waals surface area contributed by atoms with E-state index in [-0.39, 0.29) is 19.0 Å². The van der Waals surface area contributed by atoms with Crippen molar-refractivity contribution in [3.05, 3.63) is 36.3 Å². The first-order chi connectivity index (χ1) is 14.4. The minimum atomic E-state index is -2.61. The monoisotopic (exact) mass is 436 g/mol. The molecule has 0 aromatic carbocycles. The molecule has 1 saturated heterocycles. The second-order valence-corrected chi connectivity index (χ2v) is 7.39. The number of likely N-dealkylation sites (tertiary alicyclic amines) is 1. The number of aromatic nitrogens is 5. The second-order valence-electron chi connectivity index (χ2n) is 6.98. The van der Waals surface area contributed by atoms with Crippen molar-refractivity contribution in [2.24, 2.45) is 13.0 Å². The topological polar surface area (TPSA) is 104 Å². The predicted octanol–water partition coefficient (Wildman–Crippen LogP) is 2.78. The summed E-state index contributed by atoms with van der Waals surface area (Å²) in [5, 5.41) is 11.0. The third-order valence-electron chi connectivity index (χ3n) is 4.94. The van der Waals surface area contributed by atoms with Gasteiger partial charge in [-0.15, -0.1) is 0 Å². The van der Waals surface area contributed by atoms with Gasteiger partial charge in [0.15, 0.2) is 0 Å². The Morgan fingerprint density at radius 3 is 2.90 bits per heavy atom. The summed E-state index contributed by atoms with van der Waals surface area (Å²) in [6, 6.07) is -0.718. The van der Waals surface area contributed by atoms with E-state index >= 15 is 0 Å². The molecule has 0 unspecified atom stereocenters. The number of H-pyrrole nitrogens is 1. The number of rotatable bonds is 6. The number of anilines is 3. The van der Waals surface area contributed by atoms with Crippen molar-refractivity contribution in [1.29, 1.82) is 0 Å². The molecule has 3 aromatic rings. The number of alkyl halides is 2. The maximum atomic E-state index is 13.6. The van der Waals surface area contributed by atoms with E-state index < -0.39 is 24.3 Å². The number of nitrogens with one attached hydrogen (secondary N) is 3. The zero-order valence-electron chi connectivity index (χ0n) is 15.9. The standard InChI is InChI=1S/C18H19ClF2N8O/c1-3-13(30)29-7-10(15(20)21)12(8-29)25-17-14-11(19)5-22-16(14)26-18(27-17)24-9-4-23-28(2)6-9/h3-6,10,12,15H,1,7-8H2,2H3,(H3,22,24,25,26,27)/t10-,12-/m0/s1. The maximum Gasteiger partial charge on any atom is 0.246 e. The van der Waals surface area contributed by atoms with Gasteiger partial charge in [-0.1, -0.05) is 18.2 Å². The number of hydrogen-bond donors (Lipinski definition) is 3. The molecule has 0 aliphatic carbocycles. The number of amides is 1. The lowest BCUT2D eigenvalue weighted by Crippen LogP contribution is -2.33. The largest absolute Gasteiger partial charge is 0.364 e. The first-order valence-corrected chi connectivity index (χ1v) is 9.50. The molecule has 0 saturated carbocycles. The third kappa shape index (κ3) is 3.80. The zero-order chi connectivity index (χ0) is 21.4. The van der Waals surface area contributed by atoms with Crippen LogP contribution in [0.5, 0.6) is 0 Å². The smallest absolute Gasteiger partial charge is 0.246 e. The van der Waals surface area contributed by atoms with Crippen molar-refractivity contribution in [2.45, 2.75) is 12.5 Å². The van der Waals surface area contributed by atoms with E-state index in [1.807, 2.05) is 0 Å². The van der Waals surface area contributed by atoms with Crippen LogP contribution in [-0.4, -0.2) is 61.1 Å². The number of aromatic amines is 1. The molecule has 1 amide bonds. The molecular weight excluding hydrogens is 418 g/mol. The highest BCUT2D eigenvalue weighted by atomic mass is 35.5. The van der Waals surface area contributed by atoms with Gasteiger partial charge in [0.05, 0.1) is 34.3 Å². The van der Waals surface area contributed by atoms with E-state index in [0.717, 1.165) is 6.08 Å². The lowest BCUT2D eigenvalue weighted by molar-refractivity contribution is -0.125. The Labute approximate surface area is 175 Å². The van der Waals surface area contributed by atoms with Crippen molar-refractivity contribution in [1.82, 2.24) is 29.6 Å². The summed E-state index contributed by atoms with van der Waals surface area (Å²) in [6.45, 7) is 3.45. The van der Waals surface area contributed by atoms with Crippen LogP contribution in [0, 0.1) is 5.92 Å². The van der Waals surface area contributed by atoms with Crippen molar-refractivity contribution in [3.63, 3.8) is 0 Å². The first kappa shape index (κ1) is 20.1. The SMILES string of the molecule is C=CC(=O)N1C[C@H](Nc2nc(Nc3cnn(C)c3)nc3[nH]cc(Cl)c23)[C@@H](C(F)F)C1. The number of carbonyl (C=O) groups is 1. The van der Waals surface area contributed by atoms with Crippen LogP contribution in [-0.2, 0) is 11.8 Å². The summed E-state index contributed by atoms with van der Waals surface area (Å²) in [6.07, 6.45) is 3.40. The van der Waals surface area contributed by atoms with Crippen LogP contribution in [0.4, 0.5) is 26.2 Å². The molecule has 2 atom stereocenters. The van der Waals surface area contributed by atoms with Crippen LogP contribution in [0.3, 0.4) is 0 Å². The van der Waals surface area contributed by atoms with E-state index in [1.165, 1.54) is 4.90 Å². The van der Waals surface area contributed by atoms with Gasteiger partial charge in [0, 0.05) is 32.5 Å². The molecule has 4 rings (SSSR count). The highest BCUT2D eigenvalue weighted by Gasteiger charge is 2.40. The van der Waals surface area contributed by atoms with E-state index in [2.05, 4.69) is 37.3 Å². The summed E-state index contributed by atoms with van der Waals surface area (Å²) >= 11 is 6.27. The van der Waals surface area contributed by atoms with E-state index in [4.69, 9.17) is 11.6 Å². The number of carbonyl (C=O) groups excluding carboxylic acids is 1. The van der Waals surface area contributed by atoms with Crippen LogP contribution in [0.2, 0.25) is 5.02 Å². The van der Waals surface area contributed by atoms with Crippen LogP contribution < -0.4 is 10.6 Å². The summed E-state index contributed by atoms with van der Waals surface area (Å²) in [7, 11) is 1.77. The Morgan fingerprint density at radius 2 is 2.23 bits per heavy atom. The average Bonchev–Trinajstić information content (AvgIpc) is 3.40. The number of halogens is 3. The molecule has 158 valence electrons. The van der Waals surface area contributed by atoms with Gasteiger partial charge in [-0.25, -0.2) is 8.78 Å². The lowest BCUT2D eigenvalue weighted by atomic mass is 10.0. The van der Waals surface area contributed by atoms with Crippen molar-refractivity contribution in [2.75, 3.05) is 23.7 Å². The summed E-state index contributed by atoms with van der Waals surface area (Å²) in [5.74, 6) is -0.925. The van der Waals surface area contributed by atoms with E-state index in [9.17, 15) is 13.6 Å². The summed E-state index contributed by atoms with van der Waals surface area (Å²) in [5.41, 5.74) is 1.10. The number of hydrogen-bond acceptors (Lipinski definition) is 6. The zero-order valence-corrected chi connectivity index (χ0v) is 16.7. The molecule has 12 heteroatoms. The van der Waals surface area contributed by atoms with Gasteiger partial charge in [-0.2, -0.15) is 15.1 Å². The van der Waals surface area contributed by atoms with Gasteiger partial charge < -0.3 is 20.5 Å². The Balaban J connectivity index is 1.67. The number of nitrogens with zero attached hydrogens (tertiary/aromatic N) is 5. The Hall–Kier alpha value is -3.21. The molecule has 1 aliphatic rings. The molecular formula is C18H19ClF2N8O. The third-order valence-corrected chi connectivity index (χ3v) is 5.24. The molecule has 9 nitrogen and oxygen atoms in total. The van der Waals surface area contributed by atoms with Crippen LogP contribution in [0.1, 0.15) is 0 Å². The van der Waals surface area contributed by atoms with E-state index in [1.54, 1.807) is 30.3 Å². The molecule has 1 fully saturated rings. The molecule has 30 heavy (non-hydrogen) atoms. The minimum absolute atomic E-state index is 0.0733. The van der Waals surface area contributed by atoms with Gasteiger partial charge in [0.25, 0.3) is 0 Å². The van der Waals surface area contributed by atoms with Gasteiger partial charge in [-0.3, -0.25) is 9.48 Å². The molecule has 3 aromatic heterocycles. The Bertz CT molecular complexity index is 1100. The van der Waals surface area contributed by atoms with E-state index in [0.29, 0.717) is 27.6 Å². The van der Waals surface area contributed by atoms with Crippen LogP contribution >= 0.6 is 11.6 Å². The normalized spacial score (nSPS) is 18.9. The maximum absolute atomic E-state index is 13.6. The quantitative estimate of drug-likeness (QED) is 0.513. The molecule has 0 spiro atoms. The van der Waals surface area contributed by atoms with Gasteiger partial charge >= 0.3 is 0 Å². The van der Waals surface area contributed by atoms with Crippen molar-refractivity contribution < 1.29 is 13.6 Å². The molecule has 4 heterocycles. The van der Waals surface area contributed by atoms with Crippen LogP contribution in [0.15, 0.2) is 31.2 Å². The minimum Gasteiger partial charge on any atom is -0.364 e. The van der Waals surface area contributed by atoms with Gasteiger partial charge in [0.2, 0.25) is 18.3 Å². The highest BCUT2D eigenvalue weighted by molar-refractivity contribution is 6.36. The average molecular weight is 437 g/mol. The second kappa shape index (κ2) is 7.90. The fourth-order valence-electron chi connectivity index (χ4n) is 3.49. The van der Waals surface area contributed by atoms with Gasteiger partial charge in [-0.05, 0) is 6.08 Å². The first-order valence-electron chi connectivity index (χ1n) is 9.12. The molecule has 3 N–H and O–H groups in total. The lowest BCUT2D eigenvalue weighted by Gasteiger charge is -2.20. The highest BCUT2D eigenvalue weighted by Crippen LogP contribution is 2.33. The molecule has 0 radical (unpaired) electrons. The summed E-state index contributed by atoms with van der Waals surface area (Å²) in [4.78, 5) is 25.0. The number of aryl methyl sites for hydroxylation is 1. The Morgan fingerprint density at radius 1 is 1.43 bits per heavy atom. The Kier molecular flexibility index (Phi) is 5.29. The number of fused-ring (bicyclic) bond motifs is 1. The molecule has 0 bridgehead atoms. The van der Waals surface area contributed by atoms with Gasteiger partial charge in [0.1, 0.15) is 11.5 Å². The van der Waals surface area contributed by atoms with Crippen molar-refractivity contribution >= 4 is 46.0 Å². The predicted molar refractivity (Wildman–Crippen MR) is 109 cm³/mol.